The number of carbonyl (C=O) groups excluding carboxylic acids is 1. The number of nitrogens with zero attached hydrogens (tertiary/aromatic N) is 1. The molecule has 1 aromatic rings. The summed E-state index contributed by atoms with van der Waals surface area (Å²) in [6.45, 7) is 4.81. The lowest BCUT2D eigenvalue weighted by molar-refractivity contribution is -0.131. The molecule has 1 fully saturated rings. The summed E-state index contributed by atoms with van der Waals surface area (Å²) < 4.78 is 30.9. The van der Waals surface area contributed by atoms with Gasteiger partial charge in [-0.05, 0) is 31.9 Å². The number of carbonyl (C=O) groups is 1. The SMILES string of the molecule is COc1cccc(CCC(=O)N2C[C@@H](C)S(=O)[C@H](C)C2)c1F. The van der Waals surface area contributed by atoms with E-state index in [9.17, 15) is 13.4 Å². The monoisotopic (exact) mass is 327 g/mol. The van der Waals surface area contributed by atoms with Crippen LogP contribution in [-0.4, -0.2) is 45.7 Å². The Morgan fingerprint density at radius 1 is 1.36 bits per heavy atom. The van der Waals surface area contributed by atoms with E-state index >= 15 is 0 Å². The lowest BCUT2D eigenvalue weighted by Crippen LogP contribution is -2.49. The van der Waals surface area contributed by atoms with Crippen molar-refractivity contribution in [1.29, 1.82) is 0 Å². The van der Waals surface area contributed by atoms with E-state index in [1.54, 1.807) is 23.1 Å². The number of rotatable bonds is 4. The second kappa shape index (κ2) is 7.22. The molecule has 1 amide bonds. The summed E-state index contributed by atoms with van der Waals surface area (Å²) in [7, 11) is 0.535. The first-order valence-corrected chi connectivity index (χ1v) is 8.70. The summed E-state index contributed by atoms with van der Waals surface area (Å²) in [4.78, 5) is 14.1. The van der Waals surface area contributed by atoms with Gasteiger partial charge in [-0.25, -0.2) is 4.39 Å². The van der Waals surface area contributed by atoms with Crippen molar-refractivity contribution in [1.82, 2.24) is 4.90 Å². The van der Waals surface area contributed by atoms with E-state index < -0.39 is 16.6 Å². The van der Waals surface area contributed by atoms with E-state index in [2.05, 4.69) is 0 Å². The number of halogens is 1. The third-order valence-electron chi connectivity index (χ3n) is 3.97. The van der Waals surface area contributed by atoms with Gasteiger partial charge in [0.15, 0.2) is 11.6 Å². The zero-order chi connectivity index (χ0) is 16.3. The summed E-state index contributed by atoms with van der Waals surface area (Å²) in [5, 5.41) is -0.0255. The predicted octanol–water partition coefficient (Wildman–Crippen LogP) is 2.13. The normalized spacial score (nSPS) is 22.6. The van der Waals surface area contributed by atoms with Gasteiger partial charge < -0.3 is 9.64 Å². The van der Waals surface area contributed by atoms with Crippen LogP contribution >= 0.6 is 0 Å². The van der Waals surface area contributed by atoms with Crippen molar-refractivity contribution in [2.24, 2.45) is 0 Å². The molecule has 0 bridgehead atoms. The number of hydrogen-bond donors (Lipinski definition) is 0. The van der Waals surface area contributed by atoms with Crippen LogP contribution in [0.15, 0.2) is 18.2 Å². The highest BCUT2D eigenvalue weighted by atomic mass is 32.2. The topological polar surface area (TPSA) is 46.6 Å². The van der Waals surface area contributed by atoms with Crippen LogP contribution in [0.2, 0.25) is 0 Å². The van der Waals surface area contributed by atoms with Crippen molar-refractivity contribution in [3.63, 3.8) is 0 Å². The van der Waals surface area contributed by atoms with Crippen LogP contribution in [0.5, 0.6) is 5.75 Å². The maximum absolute atomic E-state index is 14.1. The zero-order valence-electron chi connectivity index (χ0n) is 13.2. The van der Waals surface area contributed by atoms with Crippen LogP contribution < -0.4 is 4.74 Å². The Morgan fingerprint density at radius 2 is 2.00 bits per heavy atom. The van der Waals surface area contributed by atoms with Crippen LogP contribution in [0, 0.1) is 5.82 Å². The van der Waals surface area contributed by atoms with Crippen LogP contribution in [0.4, 0.5) is 4.39 Å². The van der Waals surface area contributed by atoms with Crippen molar-refractivity contribution in [2.75, 3.05) is 20.2 Å². The highest BCUT2D eigenvalue weighted by Gasteiger charge is 2.30. The molecular formula is C16H22FNO3S. The summed E-state index contributed by atoms with van der Waals surface area (Å²) in [6.07, 6.45) is 0.584. The molecule has 0 spiro atoms. The van der Waals surface area contributed by atoms with E-state index in [1.807, 2.05) is 13.8 Å². The molecule has 0 saturated carbocycles. The molecule has 1 aliphatic rings. The minimum absolute atomic E-state index is 0.0127. The molecule has 6 heteroatoms. The molecule has 1 saturated heterocycles. The fourth-order valence-electron chi connectivity index (χ4n) is 2.75. The Bertz CT molecular complexity index is 565. The molecule has 1 heterocycles. The molecule has 1 aliphatic heterocycles. The van der Waals surface area contributed by atoms with E-state index in [4.69, 9.17) is 4.74 Å². The first-order chi connectivity index (χ1) is 10.4. The first-order valence-electron chi connectivity index (χ1n) is 7.42. The number of aryl methyl sites for hydroxylation is 1. The average Bonchev–Trinajstić information content (AvgIpc) is 2.50. The Hall–Kier alpha value is -1.43. The van der Waals surface area contributed by atoms with E-state index in [-0.39, 0.29) is 28.6 Å². The second-order valence-corrected chi connectivity index (χ2v) is 7.95. The Labute approximate surface area is 133 Å². The third-order valence-corrected chi connectivity index (χ3v) is 5.86. The molecule has 122 valence electrons. The highest BCUT2D eigenvalue weighted by molar-refractivity contribution is 7.86. The van der Waals surface area contributed by atoms with E-state index in [0.29, 0.717) is 25.1 Å². The Balaban J connectivity index is 1.97. The molecular weight excluding hydrogens is 305 g/mol. The molecule has 22 heavy (non-hydrogen) atoms. The number of methoxy groups -OCH3 is 1. The zero-order valence-corrected chi connectivity index (χ0v) is 14.0. The van der Waals surface area contributed by atoms with Crippen LogP contribution in [0.1, 0.15) is 25.8 Å². The second-order valence-electron chi connectivity index (χ2n) is 5.68. The summed E-state index contributed by atoms with van der Waals surface area (Å²) >= 11 is 0. The Kier molecular flexibility index (Phi) is 5.56. The molecule has 4 nitrogen and oxygen atoms in total. The lowest BCUT2D eigenvalue weighted by atomic mass is 10.1. The fourth-order valence-corrected chi connectivity index (χ4v) is 4.20. The maximum atomic E-state index is 14.1. The van der Waals surface area contributed by atoms with Gasteiger partial charge in [-0.2, -0.15) is 0 Å². The van der Waals surface area contributed by atoms with E-state index in [0.717, 1.165) is 0 Å². The van der Waals surface area contributed by atoms with Crippen molar-refractivity contribution in [3.05, 3.63) is 29.6 Å². The molecule has 0 aromatic heterocycles. The minimum Gasteiger partial charge on any atom is -0.494 e. The molecule has 0 radical (unpaired) electrons. The van der Waals surface area contributed by atoms with Crippen LogP contribution in [0.3, 0.4) is 0 Å². The predicted molar refractivity (Wildman–Crippen MR) is 84.9 cm³/mol. The fraction of sp³-hybridized carbons (Fsp3) is 0.562. The van der Waals surface area contributed by atoms with Gasteiger partial charge in [-0.1, -0.05) is 12.1 Å². The molecule has 0 unspecified atom stereocenters. The number of amides is 1. The van der Waals surface area contributed by atoms with Crippen molar-refractivity contribution >= 4 is 16.7 Å². The smallest absolute Gasteiger partial charge is 0.222 e. The van der Waals surface area contributed by atoms with Gasteiger partial charge in [0, 0.05) is 40.8 Å². The number of hydrogen-bond acceptors (Lipinski definition) is 3. The summed E-state index contributed by atoms with van der Waals surface area (Å²) in [5.74, 6) is -0.225. The highest BCUT2D eigenvalue weighted by Crippen LogP contribution is 2.22. The first kappa shape index (κ1) is 16.9. The molecule has 0 N–H and O–H groups in total. The van der Waals surface area contributed by atoms with Gasteiger partial charge in [0.2, 0.25) is 5.91 Å². The van der Waals surface area contributed by atoms with Gasteiger partial charge in [-0.15, -0.1) is 0 Å². The summed E-state index contributed by atoms with van der Waals surface area (Å²) in [6, 6.07) is 4.95. The van der Waals surface area contributed by atoms with Gasteiger partial charge in [-0.3, -0.25) is 9.00 Å². The van der Waals surface area contributed by atoms with Crippen molar-refractivity contribution in [2.45, 2.75) is 37.2 Å². The van der Waals surface area contributed by atoms with Crippen LogP contribution in [0.25, 0.3) is 0 Å². The maximum Gasteiger partial charge on any atom is 0.222 e. The summed E-state index contributed by atoms with van der Waals surface area (Å²) in [5.41, 5.74) is 0.481. The number of ether oxygens (including phenoxy) is 1. The third kappa shape index (κ3) is 3.66. The molecule has 2 rings (SSSR count). The molecule has 1 aromatic carbocycles. The lowest BCUT2D eigenvalue weighted by Gasteiger charge is -2.34. The van der Waals surface area contributed by atoms with Gasteiger partial charge in [0.05, 0.1) is 7.11 Å². The standard InChI is InChI=1S/C16H22FNO3S/c1-11-9-18(10-12(2)22(11)20)15(19)8-7-13-5-4-6-14(21-3)16(13)17/h4-6,11-12H,7-10H2,1-3H3/t11-,12-/m1/s1. The Morgan fingerprint density at radius 3 is 2.59 bits per heavy atom. The van der Waals surface area contributed by atoms with E-state index in [1.165, 1.54) is 7.11 Å². The minimum atomic E-state index is -0.885. The number of benzene rings is 1. The average molecular weight is 327 g/mol. The quantitative estimate of drug-likeness (QED) is 0.851. The molecule has 2 atom stereocenters. The van der Waals surface area contributed by atoms with Crippen molar-refractivity contribution in [3.8, 4) is 5.75 Å². The van der Waals surface area contributed by atoms with Gasteiger partial charge in [0.25, 0.3) is 0 Å². The largest absolute Gasteiger partial charge is 0.494 e. The molecule has 0 aliphatic carbocycles. The van der Waals surface area contributed by atoms with Crippen LogP contribution in [-0.2, 0) is 22.0 Å². The van der Waals surface area contributed by atoms with Gasteiger partial charge in [0.1, 0.15) is 0 Å². The van der Waals surface area contributed by atoms with Crippen molar-refractivity contribution < 1.29 is 18.1 Å². The van der Waals surface area contributed by atoms with Gasteiger partial charge >= 0.3 is 0 Å².